The number of ether oxygens (including phenoxy) is 1. The van der Waals surface area contributed by atoms with Crippen LogP contribution in [0, 0.1) is 0 Å². The number of nitrogens with zero attached hydrogens (tertiary/aromatic N) is 5. The molecule has 3 aliphatic heterocycles. The third kappa shape index (κ3) is 3.23. The Bertz CT molecular complexity index is 1090. The minimum absolute atomic E-state index is 0.0752. The van der Waals surface area contributed by atoms with Crippen LogP contribution in [-0.2, 0) is 22.9 Å². The van der Waals surface area contributed by atoms with Gasteiger partial charge in [0, 0.05) is 13.1 Å². The maximum Gasteiger partial charge on any atom is 0.475 e. The van der Waals surface area contributed by atoms with Crippen LogP contribution in [0.4, 0.5) is 16.2 Å². The van der Waals surface area contributed by atoms with E-state index in [9.17, 15) is 4.57 Å². The lowest BCUT2D eigenvalue weighted by molar-refractivity contribution is -0.0745. The zero-order valence-electron chi connectivity index (χ0n) is 17.7. The van der Waals surface area contributed by atoms with E-state index in [1.54, 1.807) is 0 Å². The maximum absolute atomic E-state index is 16.2. The van der Waals surface area contributed by atoms with E-state index in [4.69, 9.17) is 24.0 Å². The summed E-state index contributed by atoms with van der Waals surface area (Å²) in [5, 5.41) is 0. The van der Waals surface area contributed by atoms with Gasteiger partial charge in [0.15, 0.2) is 28.9 Å². The highest BCUT2D eigenvalue weighted by Crippen LogP contribution is 2.61. The van der Waals surface area contributed by atoms with Crippen molar-refractivity contribution >= 4 is 30.8 Å². The molecule has 5 atom stereocenters. The monoisotopic (exact) mass is 468 g/mol. The standard InChI is InChI=1S/C19H26FN6O5P/c1-19(20)14-12(9-28-32(27,31-14)30-11-5-2-3-6-11)29-17(19)26-10-22-13-15(25-7-4-8-25)23-18(21)24-16(13)26/h10-12,14,17H,2-9H2,1H3,(H2,21,23,24)/t12-,14-,17-,19-,32-/m1/s1. The molecule has 174 valence electrons. The Balaban J connectivity index is 1.31. The van der Waals surface area contributed by atoms with Crippen molar-refractivity contribution in [1.82, 2.24) is 19.5 Å². The zero-order valence-corrected chi connectivity index (χ0v) is 18.6. The molecular formula is C19H26FN6O5P. The van der Waals surface area contributed by atoms with Gasteiger partial charge in [-0.15, -0.1) is 0 Å². The number of phosphoric acid groups is 1. The van der Waals surface area contributed by atoms with Gasteiger partial charge in [-0.25, -0.2) is 13.9 Å². The molecule has 0 bridgehead atoms. The number of aromatic nitrogens is 4. The summed E-state index contributed by atoms with van der Waals surface area (Å²) in [4.78, 5) is 15.1. The summed E-state index contributed by atoms with van der Waals surface area (Å²) in [7, 11) is -3.89. The van der Waals surface area contributed by atoms with E-state index < -0.39 is 31.9 Å². The molecule has 0 spiro atoms. The number of rotatable bonds is 4. The summed E-state index contributed by atoms with van der Waals surface area (Å²) >= 11 is 0. The van der Waals surface area contributed by atoms with E-state index >= 15 is 4.39 Å². The topological polar surface area (TPSA) is 127 Å². The Morgan fingerprint density at radius 3 is 2.78 bits per heavy atom. The van der Waals surface area contributed by atoms with Gasteiger partial charge >= 0.3 is 7.82 Å². The molecule has 13 heteroatoms. The van der Waals surface area contributed by atoms with Gasteiger partial charge in [0.05, 0.1) is 19.0 Å². The zero-order chi connectivity index (χ0) is 22.1. The number of nitrogen functional groups attached to an aromatic ring is 1. The van der Waals surface area contributed by atoms with Crippen LogP contribution in [0.2, 0.25) is 0 Å². The number of halogens is 1. The first kappa shape index (κ1) is 20.7. The molecule has 6 rings (SSSR count). The van der Waals surface area contributed by atoms with E-state index in [1.165, 1.54) is 17.8 Å². The summed E-state index contributed by atoms with van der Waals surface area (Å²) in [6.45, 7) is 2.98. The van der Waals surface area contributed by atoms with Crippen LogP contribution in [0.5, 0.6) is 0 Å². The first-order chi connectivity index (χ1) is 15.3. The molecule has 1 aliphatic carbocycles. The van der Waals surface area contributed by atoms with Gasteiger partial charge in [-0.2, -0.15) is 9.97 Å². The van der Waals surface area contributed by atoms with Crippen molar-refractivity contribution in [2.75, 3.05) is 30.3 Å². The van der Waals surface area contributed by atoms with Crippen molar-refractivity contribution in [3.8, 4) is 0 Å². The third-order valence-electron chi connectivity index (χ3n) is 6.73. The molecule has 0 unspecified atom stereocenters. The van der Waals surface area contributed by atoms with E-state index in [0.717, 1.165) is 45.2 Å². The largest absolute Gasteiger partial charge is 0.475 e. The normalized spacial score (nSPS) is 37.7. The average molecular weight is 468 g/mol. The van der Waals surface area contributed by atoms with Gasteiger partial charge in [0.25, 0.3) is 0 Å². The van der Waals surface area contributed by atoms with Crippen LogP contribution in [0.1, 0.15) is 45.3 Å². The molecule has 1 saturated carbocycles. The SMILES string of the molecule is C[C@@]1(F)[C@@H]2O[P@@](=O)(OC3CCCC3)OC[C@H]2O[C@H]1n1cnc2c(N3CCC3)nc(N)nc21. The molecule has 4 aliphatic rings. The molecule has 0 aromatic carbocycles. The van der Waals surface area contributed by atoms with Crippen molar-refractivity contribution in [3.05, 3.63) is 6.33 Å². The highest BCUT2D eigenvalue weighted by atomic mass is 31.2. The molecule has 2 N–H and O–H groups in total. The molecule has 0 radical (unpaired) electrons. The maximum atomic E-state index is 16.2. The molecule has 11 nitrogen and oxygen atoms in total. The van der Waals surface area contributed by atoms with Crippen molar-refractivity contribution in [2.45, 2.75) is 69.2 Å². The molecule has 5 heterocycles. The second-order valence-corrected chi connectivity index (χ2v) is 10.6. The second kappa shape index (κ2) is 7.33. The first-order valence-electron chi connectivity index (χ1n) is 11.0. The Hall–Kier alpha value is -1.85. The molecule has 2 aromatic rings. The third-order valence-corrected chi connectivity index (χ3v) is 8.24. The van der Waals surface area contributed by atoms with Crippen LogP contribution in [0.15, 0.2) is 6.33 Å². The number of fused-ring (bicyclic) bond motifs is 2. The molecule has 32 heavy (non-hydrogen) atoms. The summed E-state index contributed by atoms with van der Waals surface area (Å²) in [6, 6.07) is 0. The summed E-state index contributed by atoms with van der Waals surface area (Å²) in [5.74, 6) is 0.702. The van der Waals surface area contributed by atoms with Crippen molar-refractivity contribution in [3.63, 3.8) is 0 Å². The van der Waals surface area contributed by atoms with Crippen LogP contribution < -0.4 is 10.6 Å². The Labute approximate surface area is 184 Å². The predicted octanol–water partition coefficient (Wildman–Crippen LogP) is 2.73. The van der Waals surface area contributed by atoms with Crippen LogP contribution >= 0.6 is 7.82 Å². The number of hydrogen-bond acceptors (Lipinski definition) is 10. The number of hydrogen-bond donors (Lipinski definition) is 1. The fourth-order valence-electron chi connectivity index (χ4n) is 4.91. The summed E-state index contributed by atoms with van der Waals surface area (Å²) in [6.07, 6.45) is 2.91. The fourth-order valence-corrected chi connectivity index (χ4v) is 6.61. The molecule has 3 saturated heterocycles. The van der Waals surface area contributed by atoms with Crippen molar-refractivity contribution in [2.24, 2.45) is 0 Å². The lowest BCUT2D eigenvalue weighted by atomic mass is 9.98. The summed E-state index contributed by atoms with van der Waals surface area (Å²) in [5.41, 5.74) is 4.80. The van der Waals surface area contributed by atoms with Crippen molar-refractivity contribution < 1.29 is 27.3 Å². The summed E-state index contributed by atoms with van der Waals surface area (Å²) < 4.78 is 53.4. The number of imidazole rings is 1. The predicted molar refractivity (Wildman–Crippen MR) is 112 cm³/mol. The molecular weight excluding hydrogens is 442 g/mol. The second-order valence-electron chi connectivity index (χ2n) is 9.03. The van der Waals surface area contributed by atoms with E-state index in [2.05, 4.69) is 19.9 Å². The van der Waals surface area contributed by atoms with Gasteiger partial charge in [0.1, 0.15) is 12.2 Å². The van der Waals surface area contributed by atoms with Gasteiger partial charge in [0.2, 0.25) is 5.95 Å². The molecule has 0 amide bonds. The van der Waals surface area contributed by atoms with Gasteiger partial charge < -0.3 is 15.4 Å². The number of nitrogens with two attached hydrogens (primary N) is 1. The average Bonchev–Trinajstić information content (AvgIpc) is 3.40. The van der Waals surface area contributed by atoms with Gasteiger partial charge in [-0.05, 0) is 26.2 Å². The van der Waals surface area contributed by atoms with E-state index in [1.807, 2.05) is 0 Å². The minimum atomic E-state index is -3.89. The number of phosphoric ester groups is 1. The Morgan fingerprint density at radius 1 is 1.28 bits per heavy atom. The minimum Gasteiger partial charge on any atom is -0.368 e. The number of alkyl halides is 1. The van der Waals surface area contributed by atoms with Gasteiger partial charge in [-0.3, -0.25) is 18.1 Å². The van der Waals surface area contributed by atoms with Crippen molar-refractivity contribution in [1.29, 1.82) is 0 Å². The lowest BCUT2D eigenvalue weighted by Gasteiger charge is -2.34. The van der Waals surface area contributed by atoms with Crippen LogP contribution in [0.3, 0.4) is 0 Å². The van der Waals surface area contributed by atoms with Crippen LogP contribution in [-0.4, -0.2) is 63.2 Å². The highest BCUT2D eigenvalue weighted by Gasteiger charge is 2.62. The van der Waals surface area contributed by atoms with E-state index in [-0.39, 0.29) is 18.7 Å². The quantitative estimate of drug-likeness (QED) is 0.669. The van der Waals surface area contributed by atoms with E-state index in [0.29, 0.717) is 17.0 Å². The Kier molecular flexibility index (Phi) is 4.75. The number of anilines is 2. The molecule has 4 fully saturated rings. The Morgan fingerprint density at radius 2 is 2.06 bits per heavy atom. The highest BCUT2D eigenvalue weighted by molar-refractivity contribution is 7.48. The van der Waals surface area contributed by atoms with Crippen LogP contribution in [0.25, 0.3) is 11.2 Å². The molecule has 2 aromatic heterocycles. The smallest absolute Gasteiger partial charge is 0.368 e. The fraction of sp³-hybridized carbons (Fsp3) is 0.737. The lowest BCUT2D eigenvalue weighted by Crippen LogP contribution is -2.45. The van der Waals surface area contributed by atoms with Gasteiger partial charge in [-0.1, -0.05) is 12.8 Å². The first-order valence-corrected chi connectivity index (χ1v) is 12.5.